The van der Waals surface area contributed by atoms with E-state index in [0.29, 0.717) is 30.3 Å². The summed E-state index contributed by atoms with van der Waals surface area (Å²) in [4.78, 5) is 11.7. The molecule has 100 valence electrons. The van der Waals surface area contributed by atoms with E-state index in [1.165, 1.54) is 19.3 Å². The molecule has 18 heavy (non-hydrogen) atoms. The van der Waals surface area contributed by atoms with E-state index in [1.54, 1.807) is 6.92 Å². The van der Waals surface area contributed by atoms with E-state index in [0.717, 1.165) is 5.92 Å². The molecule has 0 saturated heterocycles. The fourth-order valence-electron chi connectivity index (χ4n) is 3.99. The van der Waals surface area contributed by atoms with Gasteiger partial charge in [-0.25, -0.2) is 0 Å². The van der Waals surface area contributed by atoms with Crippen molar-refractivity contribution in [2.75, 3.05) is 6.61 Å². The van der Waals surface area contributed by atoms with E-state index < -0.39 is 5.92 Å². The van der Waals surface area contributed by atoms with Gasteiger partial charge in [-0.3, -0.25) is 4.79 Å². The van der Waals surface area contributed by atoms with E-state index in [1.807, 2.05) is 0 Å². The first-order valence-corrected chi connectivity index (χ1v) is 7.07. The summed E-state index contributed by atoms with van der Waals surface area (Å²) in [5, 5.41) is 9.13. The lowest BCUT2D eigenvalue weighted by Gasteiger charge is -2.60. The Bertz CT molecular complexity index is 367. The van der Waals surface area contributed by atoms with Crippen LogP contribution in [-0.2, 0) is 9.53 Å². The highest BCUT2D eigenvalue weighted by Gasteiger charge is 2.54. The second kappa shape index (κ2) is 4.91. The number of hydrogen-bond acceptors (Lipinski definition) is 3. The minimum atomic E-state index is -0.567. The summed E-state index contributed by atoms with van der Waals surface area (Å²) in [5.74, 6) is 1.18. The number of hydrogen-bond donors (Lipinski definition) is 0. The molecule has 0 spiro atoms. The Labute approximate surface area is 110 Å². The standard InChI is InChI=1S/C15H23NO2/c1-4-18-14(17)11(9-16)7-10-5-6-12-8-13(10)15(12,2)3/h10-13H,4-8H2,1-3H3. The van der Waals surface area contributed by atoms with Crippen LogP contribution in [0.15, 0.2) is 0 Å². The third kappa shape index (κ3) is 2.13. The molecule has 3 heteroatoms. The maximum atomic E-state index is 11.7. The fraction of sp³-hybridized carbons (Fsp3) is 0.867. The summed E-state index contributed by atoms with van der Waals surface area (Å²) in [5.41, 5.74) is 0.414. The van der Waals surface area contributed by atoms with Crippen LogP contribution < -0.4 is 0 Å². The van der Waals surface area contributed by atoms with Gasteiger partial charge in [-0.15, -0.1) is 0 Å². The SMILES string of the molecule is CCOC(=O)C(C#N)CC1CCC2CC1C2(C)C. The normalized spacial score (nSPS) is 34.0. The summed E-state index contributed by atoms with van der Waals surface area (Å²) in [7, 11) is 0. The molecule has 3 fully saturated rings. The van der Waals surface area contributed by atoms with Crippen molar-refractivity contribution in [2.24, 2.45) is 29.1 Å². The Balaban J connectivity index is 1.96. The van der Waals surface area contributed by atoms with E-state index in [2.05, 4.69) is 19.9 Å². The maximum Gasteiger partial charge on any atom is 0.323 e. The Morgan fingerprint density at radius 2 is 2.22 bits per heavy atom. The fourth-order valence-corrected chi connectivity index (χ4v) is 3.99. The molecule has 0 aromatic heterocycles. The number of carbonyl (C=O) groups excluding carboxylic acids is 1. The molecule has 3 rings (SSSR count). The predicted octanol–water partition coefficient (Wildman–Crippen LogP) is 3.15. The van der Waals surface area contributed by atoms with Gasteiger partial charge in [0.05, 0.1) is 12.7 Å². The molecule has 0 amide bonds. The summed E-state index contributed by atoms with van der Waals surface area (Å²) in [6, 6.07) is 2.12. The molecule has 3 nitrogen and oxygen atoms in total. The van der Waals surface area contributed by atoms with Crippen molar-refractivity contribution in [2.45, 2.75) is 46.5 Å². The van der Waals surface area contributed by atoms with E-state index in [4.69, 9.17) is 10.00 Å². The van der Waals surface area contributed by atoms with E-state index >= 15 is 0 Å². The van der Waals surface area contributed by atoms with Gasteiger partial charge in [0.1, 0.15) is 5.92 Å². The first-order valence-electron chi connectivity index (χ1n) is 7.07. The average molecular weight is 249 g/mol. The van der Waals surface area contributed by atoms with Gasteiger partial charge in [-0.1, -0.05) is 13.8 Å². The number of nitrogens with zero attached hydrogens (tertiary/aromatic N) is 1. The Morgan fingerprint density at radius 1 is 1.50 bits per heavy atom. The van der Waals surface area contributed by atoms with Crippen LogP contribution in [0.5, 0.6) is 0 Å². The van der Waals surface area contributed by atoms with Crippen LogP contribution in [0.3, 0.4) is 0 Å². The zero-order valence-corrected chi connectivity index (χ0v) is 11.6. The molecule has 0 aliphatic heterocycles. The summed E-state index contributed by atoms with van der Waals surface area (Å²) >= 11 is 0. The Kier molecular flexibility index (Phi) is 3.66. The second-order valence-corrected chi connectivity index (χ2v) is 6.37. The van der Waals surface area contributed by atoms with Crippen molar-refractivity contribution < 1.29 is 9.53 Å². The van der Waals surface area contributed by atoms with Gasteiger partial charge in [0.25, 0.3) is 0 Å². The van der Waals surface area contributed by atoms with Gasteiger partial charge in [-0.05, 0) is 55.8 Å². The summed E-state index contributed by atoms with van der Waals surface area (Å²) in [6.45, 7) is 6.82. The van der Waals surface area contributed by atoms with Crippen molar-refractivity contribution >= 4 is 5.97 Å². The number of ether oxygens (including phenoxy) is 1. The predicted molar refractivity (Wildman–Crippen MR) is 68.5 cm³/mol. The molecular formula is C15H23NO2. The highest BCUT2D eigenvalue weighted by molar-refractivity contribution is 5.75. The number of esters is 1. The van der Waals surface area contributed by atoms with Crippen LogP contribution >= 0.6 is 0 Å². The smallest absolute Gasteiger partial charge is 0.323 e. The minimum Gasteiger partial charge on any atom is -0.465 e. The molecule has 0 heterocycles. The lowest BCUT2D eigenvalue weighted by molar-refractivity contribution is -0.149. The van der Waals surface area contributed by atoms with Crippen LogP contribution in [0.1, 0.15) is 46.5 Å². The Hall–Kier alpha value is -1.04. The van der Waals surface area contributed by atoms with Gasteiger partial charge in [-0.2, -0.15) is 5.26 Å². The van der Waals surface area contributed by atoms with Crippen LogP contribution in [0.4, 0.5) is 0 Å². The minimum absolute atomic E-state index is 0.334. The molecule has 0 aromatic carbocycles. The number of fused-ring (bicyclic) bond motifs is 2. The molecule has 0 aromatic rings. The van der Waals surface area contributed by atoms with Gasteiger partial charge in [0.2, 0.25) is 0 Å². The third-order valence-corrected chi connectivity index (χ3v) is 5.27. The third-order valence-electron chi connectivity index (χ3n) is 5.27. The van der Waals surface area contributed by atoms with Gasteiger partial charge >= 0.3 is 5.97 Å². The van der Waals surface area contributed by atoms with Gasteiger partial charge in [0.15, 0.2) is 0 Å². The first kappa shape index (κ1) is 13.4. The van der Waals surface area contributed by atoms with Crippen LogP contribution in [0.2, 0.25) is 0 Å². The second-order valence-electron chi connectivity index (χ2n) is 6.37. The van der Waals surface area contributed by atoms with Crippen LogP contribution in [-0.4, -0.2) is 12.6 Å². The highest BCUT2D eigenvalue weighted by Crippen LogP contribution is 2.62. The largest absolute Gasteiger partial charge is 0.465 e. The van der Waals surface area contributed by atoms with Gasteiger partial charge < -0.3 is 4.74 Å². The Morgan fingerprint density at radius 3 is 2.72 bits per heavy atom. The lowest BCUT2D eigenvalue weighted by atomic mass is 9.45. The lowest BCUT2D eigenvalue weighted by Crippen LogP contribution is -2.52. The average Bonchev–Trinajstić information content (AvgIpc) is 2.36. The first-order chi connectivity index (χ1) is 8.50. The number of nitriles is 1. The summed E-state index contributed by atoms with van der Waals surface area (Å²) in [6.07, 6.45) is 4.42. The molecule has 3 saturated carbocycles. The summed E-state index contributed by atoms with van der Waals surface area (Å²) < 4.78 is 4.98. The monoisotopic (exact) mass is 249 g/mol. The van der Waals surface area contributed by atoms with E-state index in [-0.39, 0.29) is 5.97 Å². The zero-order chi connectivity index (χ0) is 13.3. The van der Waals surface area contributed by atoms with Crippen molar-refractivity contribution in [3.05, 3.63) is 0 Å². The number of carbonyl (C=O) groups is 1. The van der Waals surface area contributed by atoms with Crippen LogP contribution in [0.25, 0.3) is 0 Å². The topological polar surface area (TPSA) is 50.1 Å². The van der Waals surface area contributed by atoms with Crippen molar-refractivity contribution in [3.63, 3.8) is 0 Å². The van der Waals surface area contributed by atoms with Crippen LogP contribution in [0, 0.1) is 40.4 Å². The quantitative estimate of drug-likeness (QED) is 0.719. The molecule has 3 aliphatic rings. The van der Waals surface area contributed by atoms with Gasteiger partial charge in [0, 0.05) is 0 Å². The zero-order valence-electron chi connectivity index (χ0n) is 11.6. The van der Waals surface area contributed by atoms with Crippen molar-refractivity contribution in [1.82, 2.24) is 0 Å². The molecule has 0 radical (unpaired) electrons. The molecular weight excluding hydrogens is 226 g/mol. The maximum absolute atomic E-state index is 11.7. The van der Waals surface area contributed by atoms with E-state index in [9.17, 15) is 4.79 Å². The highest BCUT2D eigenvalue weighted by atomic mass is 16.5. The molecule has 0 N–H and O–H groups in total. The number of rotatable bonds is 4. The van der Waals surface area contributed by atoms with Crippen molar-refractivity contribution in [3.8, 4) is 6.07 Å². The molecule has 3 aliphatic carbocycles. The molecule has 4 atom stereocenters. The molecule has 4 unspecified atom stereocenters. The molecule has 2 bridgehead atoms. The van der Waals surface area contributed by atoms with Crippen molar-refractivity contribution in [1.29, 1.82) is 5.26 Å².